The molecule has 6 rings (SSSR count). The Morgan fingerprint density at radius 3 is 2.49 bits per heavy atom. The summed E-state index contributed by atoms with van der Waals surface area (Å²) in [6.07, 6.45) is 28.2. The van der Waals surface area contributed by atoms with Crippen LogP contribution in [0.4, 0.5) is 0 Å². The van der Waals surface area contributed by atoms with Gasteiger partial charge in [-0.05, 0) is 134 Å². The third-order valence-corrected chi connectivity index (χ3v) is 11.5. The molecule has 1 heterocycles. The van der Waals surface area contributed by atoms with Gasteiger partial charge in [-0.2, -0.15) is 0 Å². The Morgan fingerprint density at radius 2 is 1.74 bits per heavy atom. The van der Waals surface area contributed by atoms with E-state index in [0.29, 0.717) is 11.8 Å². The Morgan fingerprint density at radius 1 is 0.936 bits per heavy atom. The van der Waals surface area contributed by atoms with E-state index >= 15 is 0 Å². The van der Waals surface area contributed by atoms with E-state index in [0.717, 1.165) is 25.7 Å². The van der Waals surface area contributed by atoms with Gasteiger partial charge in [0.15, 0.2) is 0 Å². The predicted octanol–water partition coefficient (Wildman–Crippen LogP) is 12.4. The number of hydrogen-bond acceptors (Lipinski definition) is 2. The Bertz CT molecular complexity index is 1920. The van der Waals surface area contributed by atoms with Gasteiger partial charge >= 0.3 is 0 Å². The lowest BCUT2D eigenvalue weighted by Crippen LogP contribution is -2.12. The third kappa shape index (κ3) is 6.36. The summed E-state index contributed by atoms with van der Waals surface area (Å²) in [6, 6.07) is 15.8. The highest BCUT2D eigenvalue weighted by Crippen LogP contribution is 2.58. The number of rotatable bonds is 8. The fraction of sp³-hybridized carbons (Fsp3) is 0.244. The van der Waals surface area contributed by atoms with Crippen molar-refractivity contribution < 1.29 is 0 Å². The molecular formula is C45H47NS. The molecule has 2 atom stereocenters. The summed E-state index contributed by atoms with van der Waals surface area (Å²) in [5.41, 5.74) is 23.6. The van der Waals surface area contributed by atoms with Crippen molar-refractivity contribution in [2.45, 2.75) is 71.1 Å². The summed E-state index contributed by atoms with van der Waals surface area (Å²) in [6.45, 7) is 15.2. The van der Waals surface area contributed by atoms with Crippen molar-refractivity contribution in [1.29, 1.82) is 0 Å². The van der Waals surface area contributed by atoms with Crippen molar-refractivity contribution in [3.63, 3.8) is 0 Å². The zero-order valence-electron chi connectivity index (χ0n) is 28.6. The maximum absolute atomic E-state index is 5.72. The molecule has 0 amide bonds. The largest absolute Gasteiger partial charge is 0.405 e. The minimum atomic E-state index is 0.360. The van der Waals surface area contributed by atoms with Gasteiger partial charge in [0, 0.05) is 21.6 Å². The Balaban J connectivity index is 1.43. The van der Waals surface area contributed by atoms with Crippen molar-refractivity contribution in [2.75, 3.05) is 0 Å². The van der Waals surface area contributed by atoms with Crippen LogP contribution in [0.25, 0.3) is 11.1 Å². The molecule has 1 nitrogen and oxygen atoms in total. The second kappa shape index (κ2) is 14.2. The van der Waals surface area contributed by atoms with E-state index < -0.39 is 0 Å². The summed E-state index contributed by atoms with van der Waals surface area (Å²) in [4.78, 5) is 2.92. The van der Waals surface area contributed by atoms with Crippen LogP contribution in [0.2, 0.25) is 0 Å². The standard InChI is InChI=1S/C45H47NS/c1-7-14-36(29(3)8-2)38-24-23-35(27-32(38)6)43-33(16-11-12-26-46)22-25-41-40-19-13-18-39(44(40)47-45(41)43)34-21-20-31(5)42(28-34)37-17-10-9-15-30(37)4/h7-19,22-23,26-28,38,41H,2,20-21,24-25,46H2,1,3-6H3/b14-7-,16-11-,26-12-,36-29+. The summed E-state index contributed by atoms with van der Waals surface area (Å²) in [5.74, 6) is 0.733. The Kier molecular flexibility index (Phi) is 9.89. The van der Waals surface area contributed by atoms with Gasteiger partial charge in [-0.1, -0.05) is 127 Å². The molecule has 0 bridgehead atoms. The van der Waals surface area contributed by atoms with Crippen LogP contribution in [0.1, 0.15) is 81.5 Å². The van der Waals surface area contributed by atoms with E-state index in [1.54, 1.807) is 6.20 Å². The zero-order chi connectivity index (χ0) is 33.1. The van der Waals surface area contributed by atoms with E-state index in [1.807, 2.05) is 23.9 Å². The molecule has 238 valence electrons. The van der Waals surface area contributed by atoms with Crippen molar-refractivity contribution in [3.8, 4) is 0 Å². The summed E-state index contributed by atoms with van der Waals surface area (Å²) < 4.78 is 0. The molecular weight excluding hydrogens is 587 g/mol. The number of nitrogens with two attached hydrogens (primary N) is 1. The molecule has 2 unspecified atom stereocenters. The summed E-state index contributed by atoms with van der Waals surface area (Å²) >= 11 is 2.01. The molecule has 2 N–H and O–H groups in total. The smallest absolute Gasteiger partial charge is 0.0233 e. The van der Waals surface area contributed by atoms with Gasteiger partial charge in [0.05, 0.1) is 0 Å². The number of benzene rings is 2. The lowest BCUT2D eigenvalue weighted by atomic mass is 9.77. The second-order valence-electron chi connectivity index (χ2n) is 13.1. The van der Waals surface area contributed by atoms with Crippen molar-refractivity contribution in [2.24, 2.45) is 11.7 Å². The third-order valence-electron chi connectivity index (χ3n) is 10.2. The van der Waals surface area contributed by atoms with Gasteiger partial charge in [-0.25, -0.2) is 0 Å². The lowest BCUT2D eigenvalue weighted by Gasteiger charge is -2.28. The van der Waals surface area contributed by atoms with Crippen molar-refractivity contribution in [1.82, 2.24) is 0 Å². The average Bonchev–Trinajstić information content (AvgIpc) is 3.46. The molecule has 0 aromatic heterocycles. The molecule has 1 aliphatic heterocycles. The Hall–Kier alpha value is -4.27. The first-order valence-electron chi connectivity index (χ1n) is 17.0. The van der Waals surface area contributed by atoms with Crippen molar-refractivity contribution in [3.05, 3.63) is 182 Å². The average molecular weight is 634 g/mol. The first-order valence-corrected chi connectivity index (χ1v) is 17.8. The number of allylic oxidation sites excluding steroid dienone is 20. The number of hydrogen-bond donors (Lipinski definition) is 1. The van der Waals surface area contributed by atoms with Crippen LogP contribution in [0.15, 0.2) is 165 Å². The molecule has 0 fully saturated rings. The molecule has 0 saturated carbocycles. The molecule has 0 spiro atoms. The minimum Gasteiger partial charge on any atom is -0.405 e. The van der Waals surface area contributed by atoms with Gasteiger partial charge < -0.3 is 5.73 Å². The van der Waals surface area contributed by atoms with Crippen LogP contribution in [0, 0.1) is 12.8 Å². The predicted molar refractivity (Wildman–Crippen MR) is 206 cm³/mol. The number of aryl methyl sites for hydroxylation is 1. The van der Waals surface area contributed by atoms with Crippen LogP contribution >= 0.6 is 11.8 Å². The zero-order valence-corrected chi connectivity index (χ0v) is 29.4. The van der Waals surface area contributed by atoms with E-state index in [2.05, 4.69) is 132 Å². The SMILES string of the molecule is C=C/C(C)=C(\C=C/C)C1CC=C(C2=C3Sc4c(C5=CC(c6ccccc6C)=C(C)CC5)cccc4C3CC=C2/C=C\C=C/N)C=C1C. The first-order chi connectivity index (χ1) is 22.9. The van der Waals surface area contributed by atoms with E-state index in [4.69, 9.17) is 5.73 Å². The highest BCUT2D eigenvalue weighted by atomic mass is 32.2. The minimum absolute atomic E-state index is 0.360. The van der Waals surface area contributed by atoms with E-state index in [1.165, 1.54) is 82.2 Å². The van der Waals surface area contributed by atoms with E-state index in [9.17, 15) is 0 Å². The highest BCUT2D eigenvalue weighted by Gasteiger charge is 2.36. The molecule has 2 heteroatoms. The maximum atomic E-state index is 5.72. The van der Waals surface area contributed by atoms with Gasteiger partial charge in [0.25, 0.3) is 0 Å². The maximum Gasteiger partial charge on any atom is 0.0233 e. The molecule has 2 aromatic rings. The molecule has 4 aliphatic rings. The fourth-order valence-electron chi connectivity index (χ4n) is 7.57. The van der Waals surface area contributed by atoms with Crippen LogP contribution < -0.4 is 5.73 Å². The molecule has 3 aliphatic carbocycles. The van der Waals surface area contributed by atoms with E-state index in [-0.39, 0.29) is 0 Å². The van der Waals surface area contributed by atoms with Gasteiger partial charge in [-0.3, -0.25) is 0 Å². The quantitative estimate of drug-likeness (QED) is 0.293. The van der Waals surface area contributed by atoms with Crippen LogP contribution in [0.3, 0.4) is 0 Å². The normalized spacial score (nSPS) is 21.9. The summed E-state index contributed by atoms with van der Waals surface area (Å²) in [7, 11) is 0. The molecule has 47 heavy (non-hydrogen) atoms. The van der Waals surface area contributed by atoms with Gasteiger partial charge in [0.1, 0.15) is 0 Å². The second-order valence-corrected chi connectivity index (χ2v) is 14.2. The van der Waals surface area contributed by atoms with Crippen LogP contribution in [-0.2, 0) is 0 Å². The Labute approximate surface area is 286 Å². The van der Waals surface area contributed by atoms with Gasteiger partial charge in [0.2, 0.25) is 0 Å². The van der Waals surface area contributed by atoms with Gasteiger partial charge in [-0.15, -0.1) is 0 Å². The monoisotopic (exact) mass is 633 g/mol. The molecule has 2 aromatic carbocycles. The number of thioether (sulfide) groups is 1. The fourth-order valence-corrected chi connectivity index (χ4v) is 9.13. The lowest BCUT2D eigenvalue weighted by molar-refractivity contribution is 0.721. The molecule has 0 saturated heterocycles. The van der Waals surface area contributed by atoms with Crippen LogP contribution in [0.5, 0.6) is 0 Å². The molecule has 0 radical (unpaired) electrons. The van der Waals surface area contributed by atoms with Crippen LogP contribution in [-0.4, -0.2) is 0 Å². The topological polar surface area (TPSA) is 26.0 Å². The first kappa shape index (κ1) is 32.7. The van der Waals surface area contributed by atoms with Crippen molar-refractivity contribution >= 4 is 22.9 Å². The highest BCUT2D eigenvalue weighted by molar-refractivity contribution is 8.03. The summed E-state index contributed by atoms with van der Waals surface area (Å²) in [5, 5.41) is 0. The number of fused-ring (bicyclic) bond motifs is 3.